The second kappa shape index (κ2) is 6.80. The number of hydrogen-bond acceptors (Lipinski definition) is 4. The van der Waals surface area contributed by atoms with Gasteiger partial charge in [0.25, 0.3) is 5.91 Å². The molecule has 28 heavy (non-hydrogen) atoms. The molecule has 1 aliphatic carbocycles. The Labute approximate surface area is 162 Å². The molecular formula is C22H20FN3O2. The summed E-state index contributed by atoms with van der Waals surface area (Å²) in [5.41, 5.74) is 6.23. The lowest BCUT2D eigenvalue weighted by Gasteiger charge is -2.29. The first-order valence-corrected chi connectivity index (χ1v) is 9.06. The van der Waals surface area contributed by atoms with E-state index >= 15 is 0 Å². The molecule has 2 N–H and O–H groups in total. The van der Waals surface area contributed by atoms with Gasteiger partial charge < -0.3 is 0 Å². The molecule has 0 fully saturated rings. The number of hydrogen-bond donors (Lipinski definition) is 2. The van der Waals surface area contributed by atoms with Crippen LogP contribution in [0.25, 0.3) is 11.4 Å². The van der Waals surface area contributed by atoms with Crippen molar-refractivity contribution in [3.63, 3.8) is 0 Å². The second-order valence-electron chi connectivity index (χ2n) is 7.30. The number of hydroxylamine groups is 1. The highest BCUT2D eigenvalue weighted by atomic mass is 19.1. The van der Waals surface area contributed by atoms with Crippen LogP contribution in [-0.2, 0) is 23.1 Å². The topological polar surface area (TPSA) is 75.1 Å². The summed E-state index contributed by atoms with van der Waals surface area (Å²) in [6.45, 7) is 3.98. The monoisotopic (exact) mass is 377 g/mol. The maximum atomic E-state index is 13.2. The number of aryl methyl sites for hydroxylation is 1. The Morgan fingerprint density at radius 2 is 1.89 bits per heavy atom. The van der Waals surface area contributed by atoms with E-state index in [1.165, 1.54) is 12.1 Å². The zero-order chi connectivity index (χ0) is 19.9. The molecule has 142 valence electrons. The summed E-state index contributed by atoms with van der Waals surface area (Å²) in [6.07, 6.45) is 2.48. The van der Waals surface area contributed by atoms with E-state index in [1.54, 1.807) is 18.3 Å². The van der Waals surface area contributed by atoms with Crippen molar-refractivity contribution >= 4 is 5.91 Å². The number of amides is 1. The Balaban J connectivity index is 1.79. The molecule has 0 unspecified atom stereocenters. The number of fused-ring (bicyclic) bond motifs is 1. The molecule has 1 amide bonds. The summed E-state index contributed by atoms with van der Waals surface area (Å²) in [6, 6.07) is 11.8. The summed E-state index contributed by atoms with van der Waals surface area (Å²) in [4.78, 5) is 21.9. The zero-order valence-corrected chi connectivity index (χ0v) is 15.7. The fraction of sp³-hybridized carbons (Fsp3) is 0.227. The Morgan fingerprint density at radius 3 is 2.61 bits per heavy atom. The number of carbonyl (C=O) groups excluding carboxylic acids is 1. The van der Waals surface area contributed by atoms with Gasteiger partial charge in [0.15, 0.2) is 5.82 Å². The van der Waals surface area contributed by atoms with Crippen molar-refractivity contribution in [3.05, 3.63) is 82.4 Å². The predicted molar refractivity (Wildman–Crippen MR) is 102 cm³/mol. The smallest absolute Gasteiger partial charge is 0.254 e. The lowest BCUT2D eigenvalue weighted by molar-refractivity contribution is -0.135. The van der Waals surface area contributed by atoms with E-state index in [0.29, 0.717) is 24.2 Å². The van der Waals surface area contributed by atoms with Gasteiger partial charge in [0.1, 0.15) is 5.82 Å². The molecule has 2 aromatic carbocycles. The minimum atomic E-state index is -0.941. The van der Waals surface area contributed by atoms with E-state index < -0.39 is 11.3 Å². The molecule has 6 heteroatoms. The maximum Gasteiger partial charge on any atom is 0.254 e. The minimum Gasteiger partial charge on any atom is -0.289 e. The summed E-state index contributed by atoms with van der Waals surface area (Å²) in [5, 5.41) is 9.45. The van der Waals surface area contributed by atoms with Crippen molar-refractivity contribution in [3.8, 4) is 11.4 Å². The number of rotatable bonds is 3. The van der Waals surface area contributed by atoms with Gasteiger partial charge in [0.2, 0.25) is 0 Å². The van der Waals surface area contributed by atoms with Crippen LogP contribution in [0.1, 0.15) is 27.9 Å². The molecule has 0 bridgehead atoms. The lowest BCUT2D eigenvalue weighted by Crippen LogP contribution is -2.44. The van der Waals surface area contributed by atoms with E-state index in [2.05, 4.69) is 9.97 Å². The van der Waals surface area contributed by atoms with Crippen LogP contribution in [0.3, 0.4) is 0 Å². The lowest BCUT2D eigenvalue weighted by atomic mass is 9.74. The van der Waals surface area contributed by atoms with Crippen molar-refractivity contribution in [1.82, 2.24) is 15.4 Å². The van der Waals surface area contributed by atoms with Crippen molar-refractivity contribution < 1.29 is 14.4 Å². The van der Waals surface area contributed by atoms with E-state index in [9.17, 15) is 14.4 Å². The van der Waals surface area contributed by atoms with Crippen LogP contribution in [0, 0.1) is 19.7 Å². The van der Waals surface area contributed by atoms with Crippen LogP contribution in [0.2, 0.25) is 0 Å². The van der Waals surface area contributed by atoms with Crippen LogP contribution in [0.4, 0.5) is 4.39 Å². The normalized spacial score (nSPS) is 18.0. The molecule has 0 radical (unpaired) electrons. The molecule has 5 nitrogen and oxygen atoms in total. The van der Waals surface area contributed by atoms with Gasteiger partial charge in [-0.1, -0.05) is 18.2 Å². The maximum absolute atomic E-state index is 13.2. The molecule has 0 saturated heterocycles. The molecule has 1 aromatic heterocycles. The van der Waals surface area contributed by atoms with Crippen molar-refractivity contribution in [1.29, 1.82) is 0 Å². The Morgan fingerprint density at radius 1 is 1.14 bits per heavy atom. The number of halogens is 1. The van der Waals surface area contributed by atoms with Gasteiger partial charge in [-0.25, -0.2) is 19.8 Å². The molecule has 0 saturated carbocycles. The van der Waals surface area contributed by atoms with Crippen LogP contribution in [0.15, 0.2) is 48.7 Å². The minimum absolute atomic E-state index is 0.321. The van der Waals surface area contributed by atoms with Crippen LogP contribution >= 0.6 is 0 Å². The standard InChI is InChI=1S/C22H20FN3O2/c1-13-4-3-5-18(14(13)2)22(21(27)26-28)10-16-12-24-20(25-19(16)11-22)15-6-8-17(23)9-7-15/h3-9,12,28H,10-11H2,1-2H3,(H,26,27)/t22-/m0/s1. The highest BCUT2D eigenvalue weighted by molar-refractivity contribution is 5.89. The third-order valence-corrected chi connectivity index (χ3v) is 5.67. The number of benzene rings is 2. The Kier molecular flexibility index (Phi) is 4.43. The highest BCUT2D eigenvalue weighted by Crippen LogP contribution is 2.41. The fourth-order valence-corrected chi connectivity index (χ4v) is 4.00. The molecule has 1 atom stereocenters. The van der Waals surface area contributed by atoms with Crippen LogP contribution in [-0.4, -0.2) is 21.1 Å². The van der Waals surface area contributed by atoms with Crippen molar-refractivity contribution in [2.75, 3.05) is 0 Å². The van der Waals surface area contributed by atoms with E-state index in [-0.39, 0.29) is 5.82 Å². The Bertz CT molecular complexity index is 1070. The quantitative estimate of drug-likeness (QED) is 0.542. The molecular weight excluding hydrogens is 357 g/mol. The molecule has 0 aliphatic heterocycles. The van der Waals surface area contributed by atoms with Gasteiger partial charge in [-0.3, -0.25) is 10.0 Å². The average molecular weight is 377 g/mol. The van der Waals surface area contributed by atoms with Crippen LogP contribution < -0.4 is 5.48 Å². The molecule has 1 heterocycles. The first kappa shape index (κ1) is 18.3. The van der Waals surface area contributed by atoms with Gasteiger partial charge in [-0.2, -0.15) is 0 Å². The summed E-state index contributed by atoms with van der Waals surface area (Å²) >= 11 is 0. The second-order valence-corrected chi connectivity index (χ2v) is 7.30. The summed E-state index contributed by atoms with van der Waals surface area (Å²) < 4.78 is 13.2. The first-order valence-electron chi connectivity index (χ1n) is 9.06. The molecule has 4 rings (SSSR count). The molecule has 3 aromatic rings. The SMILES string of the molecule is Cc1cccc([C@]2(C(=O)NO)Cc3cnc(-c4ccc(F)cc4)nc3C2)c1C. The van der Waals surface area contributed by atoms with E-state index in [0.717, 1.165) is 27.9 Å². The Hall–Kier alpha value is -3.12. The van der Waals surface area contributed by atoms with E-state index in [1.807, 2.05) is 37.5 Å². The largest absolute Gasteiger partial charge is 0.289 e. The van der Waals surface area contributed by atoms with Gasteiger partial charge >= 0.3 is 0 Å². The van der Waals surface area contributed by atoms with Gasteiger partial charge in [0.05, 0.1) is 5.41 Å². The highest BCUT2D eigenvalue weighted by Gasteiger charge is 2.47. The van der Waals surface area contributed by atoms with Gasteiger partial charge in [0, 0.05) is 23.9 Å². The van der Waals surface area contributed by atoms with Crippen LogP contribution in [0.5, 0.6) is 0 Å². The number of nitrogens with zero attached hydrogens (tertiary/aromatic N) is 2. The number of nitrogens with one attached hydrogen (secondary N) is 1. The van der Waals surface area contributed by atoms with Gasteiger partial charge in [-0.15, -0.1) is 0 Å². The number of carbonyl (C=O) groups is 1. The zero-order valence-electron chi connectivity index (χ0n) is 15.7. The third-order valence-electron chi connectivity index (χ3n) is 5.67. The first-order chi connectivity index (χ1) is 13.4. The third kappa shape index (κ3) is 2.86. The fourth-order valence-electron chi connectivity index (χ4n) is 4.00. The average Bonchev–Trinajstić information content (AvgIpc) is 3.09. The summed E-state index contributed by atoms with van der Waals surface area (Å²) in [5.74, 6) is -0.291. The predicted octanol–water partition coefficient (Wildman–Crippen LogP) is 3.44. The van der Waals surface area contributed by atoms with Gasteiger partial charge in [-0.05, 0) is 66.8 Å². The molecule has 1 aliphatic rings. The molecule has 0 spiro atoms. The van der Waals surface area contributed by atoms with Crippen molar-refractivity contribution in [2.24, 2.45) is 0 Å². The number of aromatic nitrogens is 2. The summed E-state index contributed by atoms with van der Waals surface area (Å²) in [7, 11) is 0. The van der Waals surface area contributed by atoms with Crippen molar-refractivity contribution in [2.45, 2.75) is 32.1 Å². The van der Waals surface area contributed by atoms with E-state index in [4.69, 9.17) is 0 Å².